The van der Waals surface area contributed by atoms with Crippen molar-refractivity contribution >= 4 is 5.91 Å². The smallest absolute Gasteiger partial charge is 0.241 e. The topological polar surface area (TPSA) is 83.7 Å². The van der Waals surface area contributed by atoms with Crippen molar-refractivity contribution in [3.8, 4) is 17.1 Å². The monoisotopic (exact) mass is 385 g/mol. The van der Waals surface area contributed by atoms with Crippen molar-refractivity contribution in [3.63, 3.8) is 0 Å². The Labute approximate surface area is 164 Å². The average molecular weight is 385 g/mol. The number of nitrogens with one attached hydrogen (secondary N) is 1. The largest absolute Gasteiger partial charge is 0.497 e. The van der Waals surface area contributed by atoms with E-state index < -0.39 is 0 Å². The number of amides is 1. The van der Waals surface area contributed by atoms with Gasteiger partial charge >= 0.3 is 0 Å². The summed E-state index contributed by atoms with van der Waals surface area (Å²) in [5, 5.41) is 7.06. The first kappa shape index (κ1) is 18.9. The molecule has 0 atom stereocenters. The predicted octanol–water partition coefficient (Wildman–Crippen LogP) is 1.53. The van der Waals surface area contributed by atoms with Crippen molar-refractivity contribution in [2.24, 2.45) is 0 Å². The van der Waals surface area contributed by atoms with E-state index in [9.17, 15) is 4.79 Å². The Morgan fingerprint density at radius 3 is 2.71 bits per heavy atom. The van der Waals surface area contributed by atoms with Crippen LogP contribution in [0.5, 0.6) is 5.75 Å². The van der Waals surface area contributed by atoms with Gasteiger partial charge in [-0.3, -0.25) is 14.6 Å². The molecular formula is C20H27N5O3. The van der Waals surface area contributed by atoms with Gasteiger partial charge in [0.1, 0.15) is 5.75 Å². The molecule has 0 saturated carbocycles. The molecule has 0 spiro atoms. The molecule has 3 heterocycles. The fraction of sp³-hybridized carbons (Fsp3) is 0.550. The minimum absolute atomic E-state index is 0.170. The summed E-state index contributed by atoms with van der Waals surface area (Å²) in [4.78, 5) is 20.9. The number of methoxy groups -OCH3 is 1. The van der Waals surface area contributed by atoms with Gasteiger partial charge in [0.15, 0.2) is 0 Å². The number of rotatable bonds is 5. The van der Waals surface area contributed by atoms with Gasteiger partial charge in [-0.1, -0.05) is 5.16 Å². The quantitative estimate of drug-likeness (QED) is 0.836. The van der Waals surface area contributed by atoms with Crippen LogP contribution in [0.15, 0.2) is 28.8 Å². The highest BCUT2D eigenvalue weighted by Gasteiger charge is 2.27. The van der Waals surface area contributed by atoms with E-state index in [-0.39, 0.29) is 5.91 Å². The molecule has 2 aliphatic rings. The molecule has 1 aromatic heterocycles. The molecule has 1 amide bonds. The van der Waals surface area contributed by atoms with Gasteiger partial charge in [0.2, 0.25) is 17.6 Å². The third-order valence-corrected chi connectivity index (χ3v) is 5.60. The molecule has 2 aromatic rings. The summed E-state index contributed by atoms with van der Waals surface area (Å²) in [6.45, 7) is 5.26. The Kier molecular flexibility index (Phi) is 5.87. The molecular weight excluding hydrogens is 358 g/mol. The van der Waals surface area contributed by atoms with Gasteiger partial charge in [0, 0.05) is 50.7 Å². The molecule has 1 aromatic carbocycles. The zero-order valence-corrected chi connectivity index (χ0v) is 16.3. The summed E-state index contributed by atoms with van der Waals surface area (Å²) in [6.07, 6.45) is 2.82. The van der Waals surface area contributed by atoms with Crippen LogP contribution in [0, 0.1) is 0 Å². The van der Waals surface area contributed by atoms with Crippen molar-refractivity contribution in [3.05, 3.63) is 30.2 Å². The van der Waals surface area contributed by atoms with E-state index in [1.165, 1.54) is 0 Å². The van der Waals surface area contributed by atoms with Gasteiger partial charge < -0.3 is 14.6 Å². The number of nitrogens with zero attached hydrogens (tertiary/aromatic N) is 4. The minimum Gasteiger partial charge on any atom is -0.497 e. The van der Waals surface area contributed by atoms with Crippen molar-refractivity contribution in [2.75, 3.05) is 39.8 Å². The lowest BCUT2D eigenvalue weighted by Gasteiger charge is -2.37. The predicted molar refractivity (Wildman–Crippen MR) is 104 cm³/mol. The van der Waals surface area contributed by atoms with Crippen molar-refractivity contribution in [2.45, 2.75) is 31.8 Å². The molecule has 8 heteroatoms. The second-order valence-corrected chi connectivity index (χ2v) is 7.38. The molecule has 8 nitrogen and oxygen atoms in total. The molecule has 1 N–H and O–H groups in total. The molecule has 0 unspecified atom stereocenters. The average Bonchev–Trinajstić information content (AvgIpc) is 3.09. The van der Waals surface area contributed by atoms with Crippen LogP contribution in [0.1, 0.15) is 25.2 Å². The van der Waals surface area contributed by atoms with Crippen LogP contribution in [0.2, 0.25) is 0 Å². The van der Waals surface area contributed by atoms with Crippen molar-refractivity contribution in [1.82, 2.24) is 25.3 Å². The number of likely N-dealkylation sites (tertiary alicyclic amines) is 1. The number of aromatic nitrogens is 2. The minimum atomic E-state index is 0.170. The van der Waals surface area contributed by atoms with Gasteiger partial charge in [0.25, 0.3) is 0 Å². The fourth-order valence-corrected chi connectivity index (χ4v) is 3.96. The lowest BCUT2D eigenvalue weighted by Crippen LogP contribution is -2.45. The Balaban J connectivity index is 1.29. The molecule has 0 bridgehead atoms. The van der Waals surface area contributed by atoms with Crippen LogP contribution < -0.4 is 10.1 Å². The van der Waals surface area contributed by atoms with Gasteiger partial charge in [-0.25, -0.2) is 0 Å². The fourth-order valence-electron chi connectivity index (χ4n) is 3.96. The highest BCUT2D eigenvalue weighted by Crippen LogP contribution is 2.22. The Morgan fingerprint density at radius 2 is 1.96 bits per heavy atom. The number of carbonyl (C=O) groups excluding carboxylic acids is 1. The molecule has 150 valence electrons. The van der Waals surface area contributed by atoms with Gasteiger partial charge in [-0.15, -0.1) is 0 Å². The third-order valence-electron chi connectivity index (χ3n) is 5.60. The van der Waals surface area contributed by atoms with Crippen LogP contribution in [-0.2, 0) is 11.3 Å². The maximum Gasteiger partial charge on any atom is 0.241 e. The molecule has 2 aliphatic heterocycles. The summed E-state index contributed by atoms with van der Waals surface area (Å²) in [5.41, 5.74) is 0.916. The highest BCUT2D eigenvalue weighted by atomic mass is 16.5. The maximum absolute atomic E-state index is 11.5. The Morgan fingerprint density at radius 1 is 1.18 bits per heavy atom. The summed E-state index contributed by atoms with van der Waals surface area (Å²) in [7, 11) is 1.65. The summed E-state index contributed by atoms with van der Waals surface area (Å²) in [5.74, 6) is 2.23. The first-order chi connectivity index (χ1) is 13.7. The van der Waals surface area contributed by atoms with E-state index in [0.717, 1.165) is 56.9 Å². The number of carbonyl (C=O) groups is 1. The second kappa shape index (κ2) is 8.70. The van der Waals surface area contributed by atoms with Crippen LogP contribution >= 0.6 is 0 Å². The third kappa shape index (κ3) is 4.51. The lowest BCUT2D eigenvalue weighted by molar-refractivity contribution is -0.120. The van der Waals surface area contributed by atoms with E-state index in [2.05, 4.69) is 25.3 Å². The zero-order chi connectivity index (χ0) is 19.3. The molecule has 0 radical (unpaired) electrons. The molecule has 0 aliphatic carbocycles. The molecule has 2 fully saturated rings. The molecule has 28 heavy (non-hydrogen) atoms. The number of piperidine rings is 1. The van der Waals surface area contributed by atoms with Crippen LogP contribution in [0.3, 0.4) is 0 Å². The highest BCUT2D eigenvalue weighted by molar-refractivity contribution is 5.76. The normalized spacial score (nSPS) is 20.0. The molecule has 2 saturated heterocycles. The number of hydrogen-bond donors (Lipinski definition) is 1. The van der Waals surface area contributed by atoms with E-state index in [4.69, 9.17) is 9.26 Å². The summed E-state index contributed by atoms with van der Waals surface area (Å²) in [6, 6.07) is 8.20. The van der Waals surface area contributed by atoms with Crippen LogP contribution in [0.4, 0.5) is 0 Å². The first-order valence-electron chi connectivity index (χ1n) is 9.91. The number of hydrogen-bond acceptors (Lipinski definition) is 7. The Bertz CT molecular complexity index is 783. The van der Waals surface area contributed by atoms with Gasteiger partial charge in [0.05, 0.1) is 13.7 Å². The second-order valence-electron chi connectivity index (χ2n) is 7.38. The Hall–Kier alpha value is -2.45. The van der Waals surface area contributed by atoms with Crippen molar-refractivity contribution < 1.29 is 14.1 Å². The SMILES string of the molecule is COc1ccc(-c2noc(CN3CCC(N4CCNC(=O)CC4)CC3)n2)cc1. The standard InChI is InChI=1S/C20H27N5O3/c1-27-17-4-2-15(3-5-17)20-22-19(28-23-20)14-24-10-6-16(7-11-24)25-12-8-18(26)21-9-13-25/h2-5,16H,6-14H2,1H3,(H,21,26). The van der Waals surface area contributed by atoms with E-state index >= 15 is 0 Å². The zero-order valence-electron chi connectivity index (χ0n) is 16.3. The van der Waals surface area contributed by atoms with Gasteiger partial charge in [-0.05, 0) is 37.1 Å². The van der Waals surface area contributed by atoms with E-state index in [1.54, 1.807) is 7.11 Å². The number of benzene rings is 1. The van der Waals surface area contributed by atoms with Crippen LogP contribution in [-0.4, -0.2) is 71.7 Å². The van der Waals surface area contributed by atoms with Crippen molar-refractivity contribution in [1.29, 1.82) is 0 Å². The van der Waals surface area contributed by atoms with E-state index in [0.29, 0.717) is 30.7 Å². The van der Waals surface area contributed by atoms with Gasteiger partial charge in [-0.2, -0.15) is 4.98 Å². The van der Waals surface area contributed by atoms with Crippen LogP contribution in [0.25, 0.3) is 11.4 Å². The summed E-state index contributed by atoms with van der Waals surface area (Å²) >= 11 is 0. The lowest BCUT2D eigenvalue weighted by atomic mass is 10.0. The number of ether oxygens (including phenoxy) is 1. The molecule has 4 rings (SSSR count). The van der Waals surface area contributed by atoms with E-state index in [1.807, 2.05) is 24.3 Å². The first-order valence-corrected chi connectivity index (χ1v) is 9.91. The maximum atomic E-state index is 11.5. The summed E-state index contributed by atoms with van der Waals surface area (Å²) < 4.78 is 10.6.